The second-order valence-corrected chi connectivity index (χ2v) is 6.64. The molecule has 3 rings (SSSR count). The Bertz CT molecular complexity index is 1010. The van der Waals surface area contributed by atoms with E-state index < -0.39 is 0 Å². The molecule has 26 heavy (non-hydrogen) atoms. The van der Waals surface area contributed by atoms with Gasteiger partial charge in [-0.2, -0.15) is 0 Å². The van der Waals surface area contributed by atoms with Crippen LogP contribution in [-0.2, 0) is 0 Å². The molecule has 0 unspecified atom stereocenters. The molecule has 0 bridgehead atoms. The molecule has 0 saturated carbocycles. The van der Waals surface area contributed by atoms with Gasteiger partial charge in [-0.05, 0) is 68.1 Å². The van der Waals surface area contributed by atoms with Gasteiger partial charge < -0.3 is 10.2 Å². The summed E-state index contributed by atoms with van der Waals surface area (Å²) in [4.78, 5) is 0. The van der Waals surface area contributed by atoms with E-state index in [-0.39, 0.29) is 11.5 Å². The Morgan fingerprint density at radius 2 is 1.31 bits per heavy atom. The quantitative estimate of drug-likeness (QED) is 0.538. The fourth-order valence-corrected chi connectivity index (χ4v) is 3.03. The van der Waals surface area contributed by atoms with Gasteiger partial charge in [0.1, 0.15) is 22.9 Å². The van der Waals surface area contributed by atoms with E-state index in [1.165, 1.54) is 5.56 Å². The van der Waals surface area contributed by atoms with Crippen molar-refractivity contribution in [3.63, 3.8) is 0 Å². The molecular formula is C22H22N2O2. The Labute approximate surface area is 153 Å². The maximum absolute atomic E-state index is 10.4. The van der Waals surface area contributed by atoms with Crippen LogP contribution in [0.3, 0.4) is 0 Å². The zero-order valence-electron chi connectivity index (χ0n) is 15.4. The van der Waals surface area contributed by atoms with Crippen LogP contribution in [0.25, 0.3) is 11.1 Å². The third-order valence-corrected chi connectivity index (χ3v) is 4.40. The monoisotopic (exact) mass is 346 g/mol. The largest absolute Gasteiger partial charge is 0.506 e. The summed E-state index contributed by atoms with van der Waals surface area (Å²) in [7, 11) is 0. The standard InChI is InChI=1S/C22H22N2O2/c1-13-5-8-17(16(4)11-13)21-15(3)7-10-20(26)22(21)24-23-18-12-14(2)6-9-19(18)25/h5-12,25-26H,1-4H3. The first kappa shape index (κ1) is 17.7. The minimum absolute atomic E-state index is 0.0551. The van der Waals surface area contributed by atoms with Crippen molar-refractivity contribution in [1.82, 2.24) is 0 Å². The summed E-state index contributed by atoms with van der Waals surface area (Å²) in [5, 5.41) is 28.9. The Balaban J connectivity index is 2.17. The first-order valence-corrected chi connectivity index (χ1v) is 8.48. The number of benzene rings is 3. The molecule has 0 aliphatic rings. The highest BCUT2D eigenvalue weighted by Gasteiger charge is 2.15. The molecule has 0 aromatic heterocycles. The lowest BCUT2D eigenvalue weighted by Gasteiger charge is -2.14. The molecule has 4 nitrogen and oxygen atoms in total. The van der Waals surface area contributed by atoms with Gasteiger partial charge >= 0.3 is 0 Å². The van der Waals surface area contributed by atoms with E-state index in [1.54, 1.807) is 24.3 Å². The average molecular weight is 346 g/mol. The molecule has 0 atom stereocenters. The van der Waals surface area contributed by atoms with Crippen molar-refractivity contribution in [3.8, 4) is 22.6 Å². The van der Waals surface area contributed by atoms with E-state index in [9.17, 15) is 10.2 Å². The van der Waals surface area contributed by atoms with E-state index in [4.69, 9.17) is 0 Å². The van der Waals surface area contributed by atoms with Crippen molar-refractivity contribution in [2.45, 2.75) is 27.7 Å². The average Bonchev–Trinajstić information content (AvgIpc) is 2.59. The lowest BCUT2D eigenvalue weighted by atomic mass is 9.93. The molecule has 4 heteroatoms. The molecule has 2 N–H and O–H groups in total. The molecule has 0 spiro atoms. The summed E-state index contributed by atoms with van der Waals surface area (Å²) in [6.07, 6.45) is 0. The number of phenolic OH excluding ortho intramolecular Hbond substituents is 2. The number of aromatic hydroxyl groups is 2. The molecule has 0 radical (unpaired) electrons. The molecule has 0 heterocycles. The molecule has 132 valence electrons. The highest BCUT2D eigenvalue weighted by atomic mass is 16.3. The first-order chi connectivity index (χ1) is 12.4. The van der Waals surface area contributed by atoms with Crippen LogP contribution in [-0.4, -0.2) is 10.2 Å². The third kappa shape index (κ3) is 3.45. The second kappa shape index (κ2) is 7.00. The van der Waals surface area contributed by atoms with Gasteiger partial charge in [0, 0.05) is 5.56 Å². The normalized spacial score (nSPS) is 11.2. The molecule has 0 amide bonds. The van der Waals surface area contributed by atoms with Crippen molar-refractivity contribution in [2.75, 3.05) is 0 Å². The van der Waals surface area contributed by atoms with Gasteiger partial charge in [-0.1, -0.05) is 35.9 Å². The topological polar surface area (TPSA) is 65.2 Å². The van der Waals surface area contributed by atoms with E-state index in [0.29, 0.717) is 11.4 Å². The van der Waals surface area contributed by atoms with Crippen molar-refractivity contribution < 1.29 is 10.2 Å². The minimum Gasteiger partial charge on any atom is -0.506 e. The number of nitrogens with zero attached hydrogens (tertiary/aromatic N) is 2. The lowest BCUT2D eigenvalue weighted by Crippen LogP contribution is -1.89. The van der Waals surface area contributed by atoms with E-state index >= 15 is 0 Å². The van der Waals surface area contributed by atoms with Crippen LogP contribution in [0.5, 0.6) is 11.5 Å². The summed E-state index contributed by atoms with van der Waals surface area (Å²) in [5.74, 6) is 0.112. The van der Waals surface area contributed by atoms with Crippen LogP contribution in [0.4, 0.5) is 11.4 Å². The van der Waals surface area contributed by atoms with Gasteiger partial charge in [-0.25, -0.2) is 0 Å². The Kier molecular flexibility index (Phi) is 4.76. The van der Waals surface area contributed by atoms with Gasteiger partial charge in [0.2, 0.25) is 0 Å². The van der Waals surface area contributed by atoms with Crippen molar-refractivity contribution in [1.29, 1.82) is 0 Å². The van der Waals surface area contributed by atoms with E-state index in [1.807, 2.05) is 45.9 Å². The second-order valence-electron chi connectivity index (χ2n) is 6.64. The van der Waals surface area contributed by atoms with Crippen LogP contribution in [0.1, 0.15) is 22.3 Å². The number of phenols is 2. The van der Waals surface area contributed by atoms with Gasteiger partial charge in [0.25, 0.3) is 0 Å². The Hall–Kier alpha value is -3.14. The fourth-order valence-electron chi connectivity index (χ4n) is 3.03. The highest BCUT2D eigenvalue weighted by molar-refractivity contribution is 5.84. The van der Waals surface area contributed by atoms with Gasteiger partial charge in [0.05, 0.1) is 0 Å². The molecule has 0 fully saturated rings. The van der Waals surface area contributed by atoms with E-state index in [0.717, 1.165) is 27.8 Å². The number of aryl methyl sites for hydroxylation is 4. The molecule has 0 saturated heterocycles. The van der Waals surface area contributed by atoms with Gasteiger partial charge in [0.15, 0.2) is 0 Å². The summed E-state index contributed by atoms with van der Waals surface area (Å²) in [6, 6.07) is 14.8. The summed E-state index contributed by atoms with van der Waals surface area (Å²) in [5.41, 5.74) is 6.88. The summed E-state index contributed by atoms with van der Waals surface area (Å²) < 4.78 is 0. The predicted octanol–water partition coefficient (Wildman–Crippen LogP) is 6.41. The number of hydrogen-bond donors (Lipinski definition) is 2. The number of rotatable bonds is 3. The molecular weight excluding hydrogens is 324 g/mol. The van der Waals surface area contributed by atoms with Crippen molar-refractivity contribution in [3.05, 3.63) is 70.8 Å². The maximum Gasteiger partial charge on any atom is 0.143 e. The van der Waals surface area contributed by atoms with Crippen LogP contribution in [0.15, 0.2) is 58.8 Å². The van der Waals surface area contributed by atoms with Crippen LogP contribution < -0.4 is 0 Å². The lowest BCUT2D eigenvalue weighted by molar-refractivity contribution is 0.474. The molecule has 0 aliphatic heterocycles. The third-order valence-electron chi connectivity index (χ3n) is 4.40. The SMILES string of the molecule is Cc1ccc(-c2c(C)ccc(O)c2N=Nc2cc(C)ccc2O)c(C)c1. The van der Waals surface area contributed by atoms with Crippen LogP contribution >= 0.6 is 0 Å². The zero-order valence-corrected chi connectivity index (χ0v) is 15.4. The zero-order chi connectivity index (χ0) is 18.8. The van der Waals surface area contributed by atoms with E-state index in [2.05, 4.69) is 16.3 Å². The van der Waals surface area contributed by atoms with Crippen LogP contribution in [0.2, 0.25) is 0 Å². The van der Waals surface area contributed by atoms with Crippen molar-refractivity contribution >= 4 is 11.4 Å². The predicted molar refractivity (Wildman–Crippen MR) is 105 cm³/mol. The van der Waals surface area contributed by atoms with Gasteiger partial charge in [-0.15, -0.1) is 10.2 Å². The highest BCUT2D eigenvalue weighted by Crippen LogP contribution is 2.42. The Morgan fingerprint density at radius 1 is 0.654 bits per heavy atom. The number of hydrogen-bond acceptors (Lipinski definition) is 4. The Morgan fingerprint density at radius 3 is 2.04 bits per heavy atom. The fraction of sp³-hybridized carbons (Fsp3) is 0.182. The molecule has 3 aromatic carbocycles. The minimum atomic E-state index is 0.0551. The summed E-state index contributed by atoms with van der Waals surface area (Å²) >= 11 is 0. The maximum atomic E-state index is 10.4. The van der Waals surface area contributed by atoms with Gasteiger partial charge in [-0.3, -0.25) is 0 Å². The number of azo groups is 1. The molecule has 0 aliphatic carbocycles. The smallest absolute Gasteiger partial charge is 0.143 e. The van der Waals surface area contributed by atoms with Crippen LogP contribution in [0, 0.1) is 27.7 Å². The summed E-state index contributed by atoms with van der Waals surface area (Å²) in [6.45, 7) is 7.99. The molecule has 3 aromatic rings. The van der Waals surface area contributed by atoms with Crippen molar-refractivity contribution in [2.24, 2.45) is 10.2 Å². The first-order valence-electron chi connectivity index (χ1n) is 8.48.